The van der Waals surface area contributed by atoms with E-state index in [1.165, 1.54) is 0 Å². The summed E-state index contributed by atoms with van der Waals surface area (Å²) in [4.78, 5) is 32.4. The summed E-state index contributed by atoms with van der Waals surface area (Å²) >= 11 is 0. The average molecular weight is 276 g/mol. The van der Waals surface area contributed by atoms with Gasteiger partial charge in [-0.05, 0) is 19.3 Å². The van der Waals surface area contributed by atoms with Crippen LogP contribution in [-0.4, -0.2) is 53.8 Å². The van der Waals surface area contributed by atoms with E-state index in [1.807, 2.05) is 0 Å². The van der Waals surface area contributed by atoms with Crippen LogP contribution in [0.25, 0.3) is 0 Å². The molecule has 0 aliphatic carbocycles. The standard InChI is InChI=1S/C10H20N4O5/c11-7(10(18)13-6-9(16)17)3-1-2-4-12-8(15)5-14-19/h7,14,19H,1-6,11H2,(H,12,15)(H,13,18)(H,16,17)/t7-/m0/s1. The lowest BCUT2D eigenvalue weighted by atomic mass is 10.1. The van der Waals surface area contributed by atoms with Gasteiger partial charge in [0.2, 0.25) is 11.8 Å². The number of hydroxylamine groups is 1. The van der Waals surface area contributed by atoms with Crippen molar-refractivity contribution in [3.63, 3.8) is 0 Å². The minimum Gasteiger partial charge on any atom is -0.480 e. The van der Waals surface area contributed by atoms with E-state index in [4.69, 9.17) is 16.0 Å². The predicted octanol–water partition coefficient (Wildman–Crippen LogP) is -2.22. The van der Waals surface area contributed by atoms with Crippen LogP contribution in [0.15, 0.2) is 0 Å². The number of rotatable bonds is 10. The van der Waals surface area contributed by atoms with Crippen molar-refractivity contribution in [1.82, 2.24) is 16.1 Å². The van der Waals surface area contributed by atoms with Crippen LogP contribution in [0.2, 0.25) is 0 Å². The minimum atomic E-state index is -1.12. The monoisotopic (exact) mass is 276 g/mol. The molecule has 0 fully saturated rings. The van der Waals surface area contributed by atoms with Gasteiger partial charge in [-0.3, -0.25) is 14.4 Å². The lowest BCUT2D eigenvalue weighted by molar-refractivity contribution is -0.138. The number of carbonyl (C=O) groups excluding carboxylic acids is 2. The number of nitrogens with one attached hydrogen (secondary N) is 3. The molecule has 110 valence electrons. The summed E-state index contributed by atoms with van der Waals surface area (Å²) < 4.78 is 0. The van der Waals surface area contributed by atoms with Crippen LogP contribution in [0.5, 0.6) is 0 Å². The highest BCUT2D eigenvalue weighted by Gasteiger charge is 2.13. The molecule has 0 saturated carbocycles. The molecule has 7 N–H and O–H groups in total. The van der Waals surface area contributed by atoms with Gasteiger partial charge in [-0.25, -0.2) is 0 Å². The number of carbonyl (C=O) groups is 3. The van der Waals surface area contributed by atoms with Crippen molar-refractivity contribution >= 4 is 17.8 Å². The van der Waals surface area contributed by atoms with Gasteiger partial charge in [-0.2, -0.15) is 5.48 Å². The molecule has 0 aromatic rings. The molecule has 0 heterocycles. The molecule has 0 aromatic heterocycles. The lowest BCUT2D eigenvalue weighted by Crippen LogP contribution is -2.42. The summed E-state index contributed by atoms with van der Waals surface area (Å²) in [5, 5.41) is 21.4. The van der Waals surface area contributed by atoms with Gasteiger partial charge in [0.25, 0.3) is 0 Å². The van der Waals surface area contributed by atoms with E-state index in [1.54, 1.807) is 5.48 Å². The van der Waals surface area contributed by atoms with Gasteiger partial charge in [0.15, 0.2) is 0 Å². The first kappa shape index (κ1) is 17.3. The fourth-order valence-electron chi connectivity index (χ4n) is 1.28. The summed E-state index contributed by atoms with van der Waals surface area (Å²) in [6, 6.07) is -0.755. The van der Waals surface area contributed by atoms with E-state index in [2.05, 4.69) is 10.6 Å². The van der Waals surface area contributed by atoms with Crippen LogP contribution < -0.4 is 21.8 Å². The fourth-order valence-corrected chi connectivity index (χ4v) is 1.28. The van der Waals surface area contributed by atoms with E-state index in [9.17, 15) is 14.4 Å². The number of hydrogen-bond acceptors (Lipinski definition) is 6. The maximum absolute atomic E-state index is 11.3. The first-order valence-electron chi connectivity index (χ1n) is 5.86. The Labute approximate surface area is 110 Å². The quantitative estimate of drug-likeness (QED) is 0.195. The van der Waals surface area contributed by atoms with Crippen LogP contribution in [0.4, 0.5) is 0 Å². The van der Waals surface area contributed by atoms with Crippen LogP contribution in [0, 0.1) is 0 Å². The Hall–Kier alpha value is -1.71. The fraction of sp³-hybridized carbons (Fsp3) is 0.700. The smallest absolute Gasteiger partial charge is 0.322 e. The SMILES string of the molecule is N[C@@H](CCCCNC(=O)CNO)C(=O)NCC(=O)O. The highest BCUT2D eigenvalue weighted by Crippen LogP contribution is 1.98. The van der Waals surface area contributed by atoms with Gasteiger partial charge in [0.1, 0.15) is 6.54 Å². The number of nitrogens with two attached hydrogens (primary N) is 1. The zero-order valence-corrected chi connectivity index (χ0v) is 10.5. The molecule has 0 aliphatic rings. The maximum Gasteiger partial charge on any atom is 0.322 e. The molecule has 0 rings (SSSR count). The van der Waals surface area contributed by atoms with E-state index in [0.717, 1.165) is 0 Å². The molecule has 9 nitrogen and oxygen atoms in total. The van der Waals surface area contributed by atoms with Crippen molar-refractivity contribution in [2.75, 3.05) is 19.6 Å². The Morgan fingerprint density at radius 2 is 1.79 bits per heavy atom. The third-order valence-electron chi connectivity index (χ3n) is 2.25. The second-order valence-electron chi connectivity index (χ2n) is 3.90. The molecule has 0 spiro atoms. The number of aliphatic carboxylic acids is 1. The van der Waals surface area contributed by atoms with Crippen LogP contribution >= 0.6 is 0 Å². The van der Waals surface area contributed by atoms with Gasteiger partial charge < -0.3 is 26.7 Å². The summed E-state index contributed by atoms with van der Waals surface area (Å²) in [5.41, 5.74) is 7.29. The normalized spacial score (nSPS) is 11.7. The van der Waals surface area contributed by atoms with Crippen molar-refractivity contribution in [3.05, 3.63) is 0 Å². The Kier molecular flexibility index (Phi) is 9.31. The molecule has 0 unspecified atom stereocenters. The van der Waals surface area contributed by atoms with Crippen molar-refractivity contribution < 1.29 is 24.7 Å². The van der Waals surface area contributed by atoms with Crippen molar-refractivity contribution in [2.45, 2.75) is 25.3 Å². The third-order valence-corrected chi connectivity index (χ3v) is 2.25. The predicted molar refractivity (Wildman–Crippen MR) is 65.3 cm³/mol. The summed E-state index contributed by atoms with van der Waals surface area (Å²) in [6.07, 6.45) is 1.66. The van der Waals surface area contributed by atoms with Crippen LogP contribution in [0.1, 0.15) is 19.3 Å². The Balaban J connectivity index is 3.57. The second-order valence-corrected chi connectivity index (χ2v) is 3.90. The minimum absolute atomic E-state index is 0.170. The summed E-state index contributed by atoms with van der Waals surface area (Å²) in [6.45, 7) is -0.197. The van der Waals surface area contributed by atoms with Crippen molar-refractivity contribution in [3.8, 4) is 0 Å². The van der Waals surface area contributed by atoms with Gasteiger partial charge in [0, 0.05) is 6.54 Å². The van der Waals surface area contributed by atoms with Crippen LogP contribution in [0.3, 0.4) is 0 Å². The van der Waals surface area contributed by atoms with Gasteiger partial charge >= 0.3 is 5.97 Å². The van der Waals surface area contributed by atoms with Crippen LogP contribution in [-0.2, 0) is 14.4 Å². The summed E-state index contributed by atoms with van der Waals surface area (Å²) in [7, 11) is 0. The van der Waals surface area contributed by atoms with E-state index >= 15 is 0 Å². The van der Waals surface area contributed by atoms with E-state index in [0.29, 0.717) is 25.8 Å². The zero-order chi connectivity index (χ0) is 14.7. The molecule has 2 amide bonds. The summed E-state index contributed by atoms with van der Waals surface area (Å²) in [5.74, 6) is -1.96. The highest BCUT2D eigenvalue weighted by molar-refractivity contribution is 5.84. The first-order chi connectivity index (χ1) is 8.97. The molecule has 19 heavy (non-hydrogen) atoms. The van der Waals surface area contributed by atoms with Gasteiger partial charge in [-0.1, -0.05) is 0 Å². The van der Waals surface area contributed by atoms with Crippen molar-refractivity contribution in [1.29, 1.82) is 0 Å². The Morgan fingerprint density at radius 3 is 2.37 bits per heavy atom. The molecular weight excluding hydrogens is 256 g/mol. The lowest BCUT2D eigenvalue weighted by Gasteiger charge is -2.11. The molecule has 9 heteroatoms. The molecule has 1 atom stereocenters. The van der Waals surface area contributed by atoms with Crippen molar-refractivity contribution in [2.24, 2.45) is 5.73 Å². The van der Waals surface area contributed by atoms with Gasteiger partial charge in [-0.15, -0.1) is 0 Å². The molecule has 0 radical (unpaired) electrons. The highest BCUT2D eigenvalue weighted by atomic mass is 16.5. The van der Waals surface area contributed by atoms with E-state index < -0.39 is 24.5 Å². The number of carboxylic acids is 1. The molecule has 0 bridgehead atoms. The third kappa shape index (κ3) is 9.94. The Morgan fingerprint density at radius 1 is 1.11 bits per heavy atom. The number of unbranched alkanes of at least 4 members (excludes halogenated alkanes) is 1. The zero-order valence-electron chi connectivity index (χ0n) is 10.5. The van der Waals surface area contributed by atoms with E-state index in [-0.39, 0.29) is 12.5 Å². The maximum atomic E-state index is 11.3. The molecule has 0 saturated heterocycles. The molecular formula is C10H20N4O5. The molecule has 0 aliphatic heterocycles. The second kappa shape index (κ2) is 10.2. The number of hydrogen-bond donors (Lipinski definition) is 6. The van der Waals surface area contributed by atoms with Gasteiger partial charge in [0.05, 0.1) is 12.6 Å². The Bertz CT molecular complexity index is 310. The molecule has 0 aromatic carbocycles. The number of amides is 2. The largest absolute Gasteiger partial charge is 0.480 e. The topological polar surface area (TPSA) is 154 Å². The first-order valence-corrected chi connectivity index (χ1v) is 5.86. The average Bonchev–Trinajstić information content (AvgIpc) is 2.35. The number of carboxylic acid groups (broad SMARTS) is 1.